The van der Waals surface area contributed by atoms with Gasteiger partial charge in [0.2, 0.25) is 0 Å². The van der Waals surface area contributed by atoms with E-state index in [0.29, 0.717) is 12.4 Å². The molecule has 0 aromatic heterocycles. The van der Waals surface area contributed by atoms with Crippen LogP contribution in [0.25, 0.3) is 0 Å². The predicted molar refractivity (Wildman–Crippen MR) is 66.0 cm³/mol. The second kappa shape index (κ2) is 6.61. The van der Waals surface area contributed by atoms with Gasteiger partial charge in [0.15, 0.2) is 0 Å². The quantitative estimate of drug-likeness (QED) is 0.818. The van der Waals surface area contributed by atoms with E-state index in [1.54, 1.807) is 17.4 Å². The first-order valence-corrected chi connectivity index (χ1v) is 5.41. The number of hydrogen-bond donors (Lipinski definition) is 2. The lowest BCUT2D eigenvalue weighted by Gasteiger charge is -2.11. The number of imide groups is 1. The Labute approximate surface area is 105 Å². The van der Waals surface area contributed by atoms with E-state index in [0.717, 1.165) is 6.54 Å². The minimum atomic E-state index is -1.37. The van der Waals surface area contributed by atoms with Crippen molar-refractivity contribution in [1.29, 1.82) is 0 Å². The zero-order chi connectivity index (χ0) is 13.5. The Morgan fingerprint density at radius 3 is 2.39 bits per heavy atom. The number of carbonyl (C=O) groups is 2. The van der Waals surface area contributed by atoms with Crippen molar-refractivity contribution in [1.82, 2.24) is 10.2 Å². The Hall–Kier alpha value is -2.08. The van der Waals surface area contributed by atoms with Gasteiger partial charge in [0, 0.05) is 12.1 Å². The molecule has 0 saturated heterocycles. The summed E-state index contributed by atoms with van der Waals surface area (Å²) in [5.74, 6) is -0.00827. The fourth-order valence-electron chi connectivity index (χ4n) is 1.22. The van der Waals surface area contributed by atoms with Gasteiger partial charge >= 0.3 is 6.09 Å². The van der Waals surface area contributed by atoms with Gasteiger partial charge in [-0.1, -0.05) is 0 Å². The molecule has 1 rings (SSSR count). The molecular weight excluding hydrogens is 236 g/mol. The van der Waals surface area contributed by atoms with Crippen LogP contribution in [-0.2, 0) is 0 Å². The summed E-state index contributed by atoms with van der Waals surface area (Å²) in [7, 11) is 3.89. The van der Waals surface area contributed by atoms with Crippen molar-refractivity contribution in [3.63, 3.8) is 0 Å². The van der Waals surface area contributed by atoms with Gasteiger partial charge in [-0.05, 0) is 38.4 Å². The van der Waals surface area contributed by atoms with E-state index in [-0.39, 0.29) is 5.56 Å². The normalized spacial score (nSPS) is 10.2. The highest BCUT2D eigenvalue weighted by atomic mass is 16.5. The van der Waals surface area contributed by atoms with Crippen molar-refractivity contribution in [3.8, 4) is 5.75 Å². The Balaban J connectivity index is 2.52. The monoisotopic (exact) mass is 252 g/mol. The van der Waals surface area contributed by atoms with Gasteiger partial charge in [-0.15, -0.1) is 0 Å². The second-order valence-corrected chi connectivity index (χ2v) is 3.94. The molecule has 0 saturated carbocycles. The van der Waals surface area contributed by atoms with E-state index in [1.807, 2.05) is 19.0 Å². The van der Waals surface area contributed by atoms with Crippen LogP contribution in [0.5, 0.6) is 5.75 Å². The van der Waals surface area contributed by atoms with Crippen LogP contribution in [0.15, 0.2) is 24.3 Å². The molecule has 1 aromatic carbocycles. The Bertz CT molecular complexity index is 415. The molecule has 0 aliphatic carbocycles. The molecule has 2 N–H and O–H groups in total. The van der Waals surface area contributed by atoms with E-state index in [4.69, 9.17) is 9.84 Å². The maximum Gasteiger partial charge on any atom is 0.411 e. The summed E-state index contributed by atoms with van der Waals surface area (Å²) >= 11 is 0. The van der Waals surface area contributed by atoms with Crippen molar-refractivity contribution in [2.45, 2.75) is 0 Å². The molecule has 6 heteroatoms. The summed E-state index contributed by atoms with van der Waals surface area (Å²) in [5.41, 5.74) is 0.275. The first-order chi connectivity index (χ1) is 8.49. The van der Waals surface area contributed by atoms with Crippen LogP contribution < -0.4 is 10.1 Å². The average molecular weight is 252 g/mol. The van der Waals surface area contributed by atoms with Crippen LogP contribution in [0, 0.1) is 0 Å². The highest BCUT2D eigenvalue weighted by Crippen LogP contribution is 2.12. The van der Waals surface area contributed by atoms with Gasteiger partial charge < -0.3 is 14.7 Å². The van der Waals surface area contributed by atoms with Crippen LogP contribution in [0.3, 0.4) is 0 Å². The largest absolute Gasteiger partial charge is 0.492 e. The zero-order valence-corrected chi connectivity index (χ0v) is 10.3. The number of carboxylic acid groups (broad SMARTS) is 1. The van der Waals surface area contributed by atoms with Gasteiger partial charge in [0.1, 0.15) is 12.4 Å². The van der Waals surface area contributed by atoms with Crippen molar-refractivity contribution < 1.29 is 19.4 Å². The van der Waals surface area contributed by atoms with Crippen LogP contribution in [-0.4, -0.2) is 49.3 Å². The lowest BCUT2D eigenvalue weighted by atomic mass is 10.2. The number of nitrogens with one attached hydrogen (secondary N) is 1. The number of hydrogen-bond acceptors (Lipinski definition) is 4. The molecule has 0 heterocycles. The minimum Gasteiger partial charge on any atom is -0.492 e. The molecule has 98 valence electrons. The summed E-state index contributed by atoms with van der Waals surface area (Å²) in [5, 5.41) is 10.2. The van der Waals surface area contributed by atoms with E-state index < -0.39 is 12.0 Å². The Morgan fingerprint density at radius 1 is 1.28 bits per heavy atom. The third-order valence-electron chi connectivity index (χ3n) is 2.14. The molecule has 2 amide bonds. The van der Waals surface area contributed by atoms with Crippen molar-refractivity contribution >= 4 is 12.0 Å². The topological polar surface area (TPSA) is 78.9 Å². The number of likely N-dealkylation sites (N-methyl/N-ethyl adjacent to an activating group) is 1. The average Bonchev–Trinajstić information content (AvgIpc) is 2.28. The molecule has 6 nitrogen and oxygen atoms in total. The van der Waals surface area contributed by atoms with Crippen molar-refractivity contribution in [2.75, 3.05) is 27.2 Å². The summed E-state index contributed by atoms with van der Waals surface area (Å²) in [6.45, 7) is 1.34. The summed E-state index contributed by atoms with van der Waals surface area (Å²) in [6.07, 6.45) is -1.37. The smallest absolute Gasteiger partial charge is 0.411 e. The Kier molecular flexibility index (Phi) is 5.13. The molecule has 0 fully saturated rings. The van der Waals surface area contributed by atoms with E-state index in [1.165, 1.54) is 12.1 Å². The maximum absolute atomic E-state index is 11.3. The number of carbonyl (C=O) groups excluding carboxylic acids is 1. The van der Waals surface area contributed by atoms with Crippen LogP contribution >= 0.6 is 0 Å². The molecule has 0 spiro atoms. The van der Waals surface area contributed by atoms with Crippen LogP contribution in [0.2, 0.25) is 0 Å². The van der Waals surface area contributed by atoms with E-state index >= 15 is 0 Å². The number of amides is 2. The molecule has 0 unspecified atom stereocenters. The highest BCUT2D eigenvalue weighted by molar-refractivity contribution is 6.02. The minimum absolute atomic E-state index is 0.275. The van der Waals surface area contributed by atoms with Crippen LogP contribution in [0.4, 0.5) is 4.79 Å². The van der Waals surface area contributed by atoms with Crippen molar-refractivity contribution in [2.24, 2.45) is 0 Å². The van der Waals surface area contributed by atoms with Gasteiger partial charge in [-0.2, -0.15) is 0 Å². The first-order valence-electron chi connectivity index (χ1n) is 5.41. The summed E-state index contributed by atoms with van der Waals surface area (Å²) in [4.78, 5) is 23.6. The zero-order valence-electron chi connectivity index (χ0n) is 10.3. The Morgan fingerprint density at radius 2 is 1.89 bits per heavy atom. The molecule has 18 heavy (non-hydrogen) atoms. The van der Waals surface area contributed by atoms with Gasteiger partial charge in [0.25, 0.3) is 5.91 Å². The fourth-order valence-corrected chi connectivity index (χ4v) is 1.22. The highest BCUT2D eigenvalue weighted by Gasteiger charge is 2.08. The maximum atomic E-state index is 11.3. The molecule has 0 aliphatic heterocycles. The van der Waals surface area contributed by atoms with Gasteiger partial charge in [-0.25, -0.2) is 4.79 Å². The summed E-state index contributed by atoms with van der Waals surface area (Å²) in [6, 6.07) is 6.30. The molecule has 1 aromatic rings. The number of nitrogens with zero attached hydrogens (tertiary/aromatic N) is 1. The lowest BCUT2D eigenvalue weighted by Crippen LogP contribution is -2.28. The molecule has 0 bridgehead atoms. The fraction of sp³-hybridized carbons (Fsp3) is 0.333. The van der Waals surface area contributed by atoms with Gasteiger partial charge in [-0.3, -0.25) is 10.1 Å². The standard InChI is InChI=1S/C12H16N2O4/c1-14(2)7-8-18-10-5-3-9(4-6-10)11(15)13-12(16)17/h3-6H,7-8H2,1-2H3,(H,13,15)(H,16,17). The molecule has 0 radical (unpaired) electrons. The lowest BCUT2D eigenvalue weighted by molar-refractivity contribution is 0.0948. The number of ether oxygens (including phenoxy) is 1. The second-order valence-electron chi connectivity index (χ2n) is 3.94. The predicted octanol–water partition coefficient (Wildman–Crippen LogP) is 1.03. The first kappa shape index (κ1) is 14.0. The SMILES string of the molecule is CN(C)CCOc1ccc(C(=O)NC(=O)O)cc1. The van der Waals surface area contributed by atoms with E-state index in [9.17, 15) is 9.59 Å². The van der Waals surface area contributed by atoms with E-state index in [2.05, 4.69) is 0 Å². The molecular formula is C12H16N2O4. The number of benzene rings is 1. The van der Waals surface area contributed by atoms with Gasteiger partial charge in [0.05, 0.1) is 0 Å². The van der Waals surface area contributed by atoms with Crippen LogP contribution in [0.1, 0.15) is 10.4 Å². The summed E-state index contributed by atoms with van der Waals surface area (Å²) < 4.78 is 5.44. The van der Waals surface area contributed by atoms with Crippen molar-refractivity contribution in [3.05, 3.63) is 29.8 Å². The molecule has 0 atom stereocenters. The molecule has 0 aliphatic rings. The third kappa shape index (κ3) is 4.84. The number of rotatable bonds is 5. The third-order valence-corrected chi connectivity index (χ3v) is 2.14.